The topological polar surface area (TPSA) is 76.3 Å². The average molecular weight is 237 g/mol. The zero-order valence-corrected chi connectivity index (χ0v) is 10.0. The summed E-state index contributed by atoms with van der Waals surface area (Å²) in [5.74, 6) is 5.62. The van der Waals surface area contributed by atoms with E-state index in [0.29, 0.717) is 0 Å². The fraction of sp³-hybridized carbons (Fsp3) is 0.636. The smallest absolute Gasteiger partial charge is 0.115 e. The van der Waals surface area contributed by atoms with Crippen LogP contribution >= 0.6 is 0 Å². The fourth-order valence-electron chi connectivity index (χ4n) is 2.11. The first kappa shape index (κ1) is 12.4. The van der Waals surface area contributed by atoms with E-state index in [1.165, 1.54) is 6.33 Å². The molecule has 0 bridgehead atoms. The third-order valence-electron chi connectivity index (χ3n) is 3.12. The summed E-state index contributed by atoms with van der Waals surface area (Å²) < 4.78 is 5.78. The van der Waals surface area contributed by atoms with Gasteiger partial charge in [0.15, 0.2) is 0 Å². The zero-order valence-electron chi connectivity index (χ0n) is 10.0. The Morgan fingerprint density at radius 2 is 2.35 bits per heavy atom. The highest BCUT2D eigenvalue weighted by Crippen LogP contribution is 2.20. The summed E-state index contributed by atoms with van der Waals surface area (Å²) in [6.45, 7) is 5.78. The minimum absolute atomic E-state index is 0.0414. The number of hydrazine groups is 1. The van der Waals surface area contributed by atoms with Gasteiger partial charge in [-0.2, -0.15) is 0 Å². The molecule has 1 aliphatic rings. The molecule has 0 amide bonds. The Bertz CT molecular complexity index is 334. The molecule has 2 heterocycles. The minimum Gasteiger partial charge on any atom is -0.374 e. The zero-order chi connectivity index (χ0) is 12.1. The lowest BCUT2D eigenvalue weighted by Gasteiger charge is -2.36. The number of nitrogens with two attached hydrogens (primary N) is 1. The van der Waals surface area contributed by atoms with E-state index in [1.807, 2.05) is 0 Å². The molecule has 0 aromatic carbocycles. The van der Waals surface area contributed by atoms with Crippen LogP contribution in [0, 0.1) is 0 Å². The standard InChI is InChI=1S/C11H19N5O/c1-2-16-3-4-17-10(7-16)11(15-12)9-5-13-8-14-6-9/h5-6,8,10-11,15H,2-4,7,12H2,1H3. The molecular formula is C11H19N5O. The van der Waals surface area contributed by atoms with E-state index in [2.05, 4.69) is 27.2 Å². The van der Waals surface area contributed by atoms with Gasteiger partial charge in [-0.25, -0.2) is 9.97 Å². The third kappa shape index (κ3) is 2.98. The van der Waals surface area contributed by atoms with Crippen molar-refractivity contribution < 1.29 is 4.74 Å². The molecule has 1 saturated heterocycles. The summed E-state index contributed by atoms with van der Waals surface area (Å²) in [7, 11) is 0. The lowest BCUT2D eigenvalue weighted by atomic mass is 10.0. The molecule has 2 unspecified atom stereocenters. The molecule has 0 radical (unpaired) electrons. The Hall–Kier alpha value is -1.08. The van der Waals surface area contributed by atoms with E-state index in [1.54, 1.807) is 12.4 Å². The lowest BCUT2D eigenvalue weighted by Crippen LogP contribution is -2.49. The second-order valence-electron chi connectivity index (χ2n) is 4.12. The number of rotatable bonds is 4. The molecule has 94 valence electrons. The molecule has 17 heavy (non-hydrogen) atoms. The third-order valence-corrected chi connectivity index (χ3v) is 3.12. The van der Waals surface area contributed by atoms with Crippen LogP contribution in [-0.2, 0) is 4.74 Å². The number of nitrogens with zero attached hydrogens (tertiary/aromatic N) is 3. The van der Waals surface area contributed by atoms with Crippen molar-refractivity contribution in [2.75, 3.05) is 26.2 Å². The molecule has 6 heteroatoms. The van der Waals surface area contributed by atoms with Crippen LogP contribution in [-0.4, -0.2) is 47.2 Å². The molecule has 0 saturated carbocycles. The van der Waals surface area contributed by atoms with Gasteiger partial charge in [0.2, 0.25) is 0 Å². The molecule has 3 N–H and O–H groups in total. The Balaban J connectivity index is 2.08. The van der Waals surface area contributed by atoms with Crippen molar-refractivity contribution in [3.8, 4) is 0 Å². The summed E-state index contributed by atoms with van der Waals surface area (Å²) in [6, 6.07) is -0.0643. The second kappa shape index (κ2) is 6.02. The molecule has 1 aromatic rings. The molecule has 1 aliphatic heterocycles. The van der Waals surface area contributed by atoms with Crippen LogP contribution in [0.25, 0.3) is 0 Å². The van der Waals surface area contributed by atoms with Crippen molar-refractivity contribution in [3.63, 3.8) is 0 Å². The summed E-state index contributed by atoms with van der Waals surface area (Å²) in [5.41, 5.74) is 3.76. The average Bonchev–Trinajstić information content (AvgIpc) is 2.41. The predicted octanol–water partition coefficient (Wildman–Crippen LogP) is -0.298. The van der Waals surface area contributed by atoms with Crippen molar-refractivity contribution >= 4 is 0 Å². The summed E-state index contributed by atoms with van der Waals surface area (Å²) in [5, 5.41) is 0. The molecule has 6 nitrogen and oxygen atoms in total. The van der Waals surface area contributed by atoms with E-state index in [4.69, 9.17) is 10.6 Å². The first-order valence-corrected chi connectivity index (χ1v) is 5.90. The number of hydrogen-bond donors (Lipinski definition) is 2. The monoisotopic (exact) mass is 237 g/mol. The molecule has 1 fully saturated rings. The highest BCUT2D eigenvalue weighted by atomic mass is 16.5. The van der Waals surface area contributed by atoms with Gasteiger partial charge in [-0.05, 0) is 6.54 Å². The maximum Gasteiger partial charge on any atom is 0.115 e. The van der Waals surface area contributed by atoms with E-state index in [-0.39, 0.29) is 12.1 Å². The van der Waals surface area contributed by atoms with Gasteiger partial charge in [0.05, 0.1) is 18.8 Å². The maximum atomic E-state index is 5.78. The van der Waals surface area contributed by atoms with Crippen molar-refractivity contribution in [2.45, 2.75) is 19.1 Å². The normalized spacial score (nSPS) is 23.5. The Morgan fingerprint density at radius 1 is 1.59 bits per heavy atom. The van der Waals surface area contributed by atoms with Gasteiger partial charge in [0.1, 0.15) is 6.33 Å². The molecule has 2 rings (SSSR count). The van der Waals surface area contributed by atoms with E-state index >= 15 is 0 Å². The Labute approximate surface area is 101 Å². The van der Waals surface area contributed by atoms with Gasteiger partial charge in [-0.15, -0.1) is 0 Å². The highest BCUT2D eigenvalue weighted by molar-refractivity contribution is 5.11. The summed E-state index contributed by atoms with van der Waals surface area (Å²) in [4.78, 5) is 10.4. The van der Waals surface area contributed by atoms with Crippen molar-refractivity contribution in [1.82, 2.24) is 20.3 Å². The fourth-order valence-corrected chi connectivity index (χ4v) is 2.11. The predicted molar refractivity (Wildman–Crippen MR) is 64.0 cm³/mol. The summed E-state index contributed by atoms with van der Waals surface area (Å²) in [6.07, 6.45) is 5.09. The number of aromatic nitrogens is 2. The van der Waals surface area contributed by atoms with Crippen LogP contribution in [0.4, 0.5) is 0 Å². The Kier molecular flexibility index (Phi) is 4.38. The van der Waals surface area contributed by atoms with Crippen LogP contribution in [0.15, 0.2) is 18.7 Å². The molecule has 0 spiro atoms. The van der Waals surface area contributed by atoms with Gasteiger partial charge in [-0.3, -0.25) is 16.2 Å². The van der Waals surface area contributed by atoms with Crippen LogP contribution in [0.1, 0.15) is 18.5 Å². The number of morpholine rings is 1. The first-order chi connectivity index (χ1) is 8.35. The number of likely N-dealkylation sites (N-methyl/N-ethyl adjacent to an activating group) is 1. The molecule has 1 aromatic heterocycles. The van der Waals surface area contributed by atoms with Crippen LogP contribution in [0.5, 0.6) is 0 Å². The van der Waals surface area contributed by atoms with Gasteiger partial charge in [0.25, 0.3) is 0 Å². The van der Waals surface area contributed by atoms with Gasteiger partial charge in [-0.1, -0.05) is 6.92 Å². The molecular weight excluding hydrogens is 218 g/mol. The highest BCUT2D eigenvalue weighted by Gasteiger charge is 2.28. The number of ether oxygens (including phenoxy) is 1. The van der Waals surface area contributed by atoms with E-state index in [9.17, 15) is 0 Å². The Morgan fingerprint density at radius 3 is 3.00 bits per heavy atom. The van der Waals surface area contributed by atoms with Crippen molar-refractivity contribution in [3.05, 3.63) is 24.3 Å². The number of nitrogens with one attached hydrogen (secondary N) is 1. The van der Waals surface area contributed by atoms with Crippen LogP contribution in [0.2, 0.25) is 0 Å². The maximum absolute atomic E-state index is 5.78. The first-order valence-electron chi connectivity index (χ1n) is 5.90. The van der Waals surface area contributed by atoms with Gasteiger partial charge in [0, 0.05) is 31.0 Å². The second-order valence-corrected chi connectivity index (χ2v) is 4.12. The van der Waals surface area contributed by atoms with Gasteiger partial charge < -0.3 is 4.74 Å². The quantitative estimate of drug-likeness (QED) is 0.553. The number of hydrogen-bond acceptors (Lipinski definition) is 6. The lowest BCUT2D eigenvalue weighted by molar-refractivity contribution is -0.0457. The summed E-state index contributed by atoms with van der Waals surface area (Å²) >= 11 is 0. The van der Waals surface area contributed by atoms with E-state index < -0.39 is 0 Å². The minimum atomic E-state index is -0.0643. The van der Waals surface area contributed by atoms with Crippen molar-refractivity contribution in [1.29, 1.82) is 0 Å². The van der Waals surface area contributed by atoms with Crippen LogP contribution in [0.3, 0.4) is 0 Å². The molecule has 0 aliphatic carbocycles. The van der Waals surface area contributed by atoms with Crippen molar-refractivity contribution in [2.24, 2.45) is 5.84 Å². The van der Waals surface area contributed by atoms with Crippen LogP contribution < -0.4 is 11.3 Å². The molecule has 2 atom stereocenters. The SMILES string of the molecule is CCN1CCOC(C(NN)c2cncnc2)C1. The largest absolute Gasteiger partial charge is 0.374 e. The van der Waals surface area contributed by atoms with Gasteiger partial charge >= 0.3 is 0 Å². The van der Waals surface area contributed by atoms with E-state index in [0.717, 1.165) is 31.8 Å².